The predicted octanol–water partition coefficient (Wildman–Crippen LogP) is 3.36. The monoisotopic (exact) mass is 325 g/mol. The van der Waals surface area contributed by atoms with E-state index < -0.39 is 5.97 Å². The van der Waals surface area contributed by atoms with Crippen LogP contribution in [-0.4, -0.2) is 29.1 Å². The highest BCUT2D eigenvalue weighted by atomic mass is 79.9. The number of likely N-dealkylation sites (tertiary alicyclic amines) is 1. The van der Waals surface area contributed by atoms with Crippen molar-refractivity contribution in [2.75, 3.05) is 13.1 Å². The zero-order chi connectivity index (χ0) is 14.2. The summed E-state index contributed by atoms with van der Waals surface area (Å²) in [5.74, 6) is -0.696. The number of aryl methyl sites for hydroxylation is 2. The van der Waals surface area contributed by atoms with Crippen molar-refractivity contribution in [1.29, 1.82) is 0 Å². The molecule has 19 heavy (non-hydrogen) atoms. The number of hydrogen-bond acceptors (Lipinski definition) is 2. The molecular weight excluding hydrogens is 306 g/mol. The van der Waals surface area contributed by atoms with Gasteiger partial charge in [-0.15, -0.1) is 0 Å². The van der Waals surface area contributed by atoms with Crippen LogP contribution in [0.5, 0.6) is 0 Å². The van der Waals surface area contributed by atoms with Crippen LogP contribution < -0.4 is 0 Å². The molecule has 1 aromatic carbocycles. The molecule has 0 radical (unpaired) electrons. The Labute approximate surface area is 122 Å². The molecule has 0 amide bonds. The van der Waals surface area contributed by atoms with E-state index in [2.05, 4.69) is 53.7 Å². The second-order valence-corrected chi connectivity index (χ2v) is 6.96. The van der Waals surface area contributed by atoms with Crippen molar-refractivity contribution in [1.82, 2.24) is 4.90 Å². The first-order valence-electron chi connectivity index (χ1n) is 6.49. The van der Waals surface area contributed by atoms with Crippen LogP contribution in [0.1, 0.15) is 30.0 Å². The van der Waals surface area contributed by atoms with Crippen LogP contribution >= 0.6 is 15.9 Å². The van der Waals surface area contributed by atoms with Gasteiger partial charge in [-0.2, -0.15) is 0 Å². The summed E-state index contributed by atoms with van der Waals surface area (Å²) in [6.07, 6.45) is 0.266. The summed E-state index contributed by atoms with van der Waals surface area (Å²) >= 11 is 3.51. The summed E-state index contributed by atoms with van der Waals surface area (Å²) in [4.78, 5) is 13.1. The lowest BCUT2D eigenvalue weighted by Gasteiger charge is -2.47. The second-order valence-electron chi connectivity index (χ2n) is 6.04. The number of benzene rings is 1. The van der Waals surface area contributed by atoms with Crippen LogP contribution in [0.2, 0.25) is 0 Å². The van der Waals surface area contributed by atoms with Gasteiger partial charge in [0.1, 0.15) is 0 Å². The maximum absolute atomic E-state index is 10.8. The van der Waals surface area contributed by atoms with Gasteiger partial charge in [0.25, 0.3) is 0 Å². The van der Waals surface area contributed by atoms with Crippen LogP contribution in [0.4, 0.5) is 0 Å². The van der Waals surface area contributed by atoms with E-state index in [0.29, 0.717) is 0 Å². The first kappa shape index (κ1) is 14.5. The lowest BCUT2D eigenvalue weighted by atomic mass is 9.78. The van der Waals surface area contributed by atoms with Crippen molar-refractivity contribution in [3.05, 3.63) is 33.3 Å². The SMILES string of the molecule is Cc1cc(Br)cc(C)c1CN1CC(C)(CC(=O)O)C1. The van der Waals surface area contributed by atoms with Crippen molar-refractivity contribution >= 4 is 21.9 Å². The summed E-state index contributed by atoms with van der Waals surface area (Å²) in [6.45, 7) is 8.97. The van der Waals surface area contributed by atoms with Gasteiger partial charge in [0, 0.05) is 29.5 Å². The lowest BCUT2D eigenvalue weighted by Crippen LogP contribution is -2.54. The topological polar surface area (TPSA) is 40.5 Å². The summed E-state index contributed by atoms with van der Waals surface area (Å²) in [5, 5.41) is 8.89. The number of nitrogens with zero attached hydrogens (tertiary/aromatic N) is 1. The predicted molar refractivity (Wildman–Crippen MR) is 79.3 cm³/mol. The van der Waals surface area contributed by atoms with Crippen molar-refractivity contribution < 1.29 is 9.90 Å². The highest BCUT2D eigenvalue weighted by Gasteiger charge is 2.40. The van der Waals surface area contributed by atoms with E-state index in [1.165, 1.54) is 16.7 Å². The number of carboxylic acids is 1. The van der Waals surface area contributed by atoms with E-state index in [4.69, 9.17) is 5.11 Å². The standard InChI is InChI=1S/C15H20BrNO2/c1-10-4-12(16)5-11(2)13(10)7-17-8-15(3,9-17)6-14(18)19/h4-5H,6-9H2,1-3H3,(H,18,19). The minimum Gasteiger partial charge on any atom is -0.481 e. The molecule has 1 aliphatic rings. The number of rotatable bonds is 4. The zero-order valence-corrected chi connectivity index (χ0v) is 13.2. The molecule has 0 atom stereocenters. The molecule has 104 valence electrons. The van der Waals surface area contributed by atoms with E-state index in [0.717, 1.165) is 24.1 Å². The van der Waals surface area contributed by atoms with E-state index in [1.54, 1.807) is 0 Å². The fraction of sp³-hybridized carbons (Fsp3) is 0.533. The minimum atomic E-state index is -0.696. The van der Waals surface area contributed by atoms with Gasteiger partial charge in [0.05, 0.1) is 6.42 Å². The molecule has 0 aliphatic carbocycles. The van der Waals surface area contributed by atoms with Crippen LogP contribution in [0.25, 0.3) is 0 Å². The van der Waals surface area contributed by atoms with Crippen molar-refractivity contribution in [3.63, 3.8) is 0 Å². The first-order chi connectivity index (χ1) is 8.79. The second kappa shape index (κ2) is 5.25. The molecule has 0 spiro atoms. The highest BCUT2D eigenvalue weighted by molar-refractivity contribution is 9.10. The fourth-order valence-electron chi connectivity index (χ4n) is 3.04. The fourth-order valence-corrected chi connectivity index (χ4v) is 3.72. The normalized spacial score (nSPS) is 18.1. The molecule has 1 heterocycles. The van der Waals surface area contributed by atoms with Gasteiger partial charge in [-0.25, -0.2) is 0 Å². The Kier molecular flexibility index (Phi) is 4.02. The van der Waals surface area contributed by atoms with Gasteiger partial charge >= 0.3 is 5.97 Å². The summed E-state index contributed by atoms with van der Waals surface area (Å²) in [7, 11) is 0. The molecule has 0 aromatic heterocycles. The molecule has 3 nitrogen and oxygen atoms in total. The maximum Gasteiger partial charge on any atom is 0.303 e. The van der Waals surface area contributed by atoms with Crippen molar-refractivity contribution in [2.45, 2.75) is 33.7 Å². The summed E-state index contributed by atoms with van der Waals surface area (Å²) < 4.78 is 1.12. The van der Waals surface area contributed by atoms with Gasteiger partial charge in [0.2, 0.25) is 0 Å². The maximum atomic E-state index is 10.8. The smallest absolute Gasteiger partial charge is 0.303 e. The van der Waals surface area contributed by atoms with Crippen LogP contribution in [-0.2, 0) is 11.3 Å². The average molecular weight is 326 g/mol. The minimum absolute atomic E-state index is 0.0526. The Hall–Kier alpha value is -0.870. The molecule has 1 aliphatic heterocycles. The van der Waals surface area contributed by atoms with Gasteiger partial charge in [-0.1, -0.05) is 22.9 Å². The summed E-state index contributed by atoms with van der Waals surface area (Å²) in [6, 6.07) is 4.27. The molecule has 2 rings (SSSR count). The summed E-state index contributed by atoms with van der Waals surface area (Å²) in [5.41, 5.74) is 3.89. The van der Waals surface area contributed by atoms with Crippen LogP contribution in [0.15, 0.2) is 16.6 Å². The molecule has 0 saturated carbocycles. The van der Waals surface area contributed by atoms with Crippen LogP contribution in [0.3, 0.4) is 0 Å². The first-order valence-corrected chi connectivity index (χ1v) is 7.28. The molecule has 1 saturated heterocycles. The Morgan fingerprint density at radius 2 is 1.89 bits per heavy atom. The number of hydrogen-bond donors (Lipinski definition) is 1. The molecule has 1 aromatic rings. The number of aliphatic carboxylic acids is 1. The average Bonchev–Trinajstić information content (AvgIpc) is 2.19. The zero-order valence-electron chi connectivity index (χ0n) is 11.7. The van der Waals surface area contributed by atoms with E-state index in [-0.39, 0.29) is 11.8 Å². The van der Waals surface area contributed by atoms with Crippen molar-refractivity contribution in [3.8, 4) is 0 Å². The quantitative estimate of drug-likeness (QED) is 0.922. The van der Waals surface area contributed by atoms with Gasteiger partial charge < -0.3 is 5.11 Å². The Balaban J connectivity index is 2.00. The lowest BCUT2D eigenvalue weighted by molar-refractivity contribution is -0.143. The number of carboxylic acid groups (broad SMARTS) is 1. The molecule has 0 unspecified atom stereocenters. The number of halogens is 1. The molecular formula is C15H20BrNO2. The van der Waals surface area contributed by atoms with Gasteiger partial charge in [0.15, 0.2) is 0 Å². The number of carbonyl (C=O) groups is 1. The third-order valence-electron chi connectivity index (χ3n) is 3.83. The molecule has 4 heteroatoms. The molecule has 1 fully saturated rings. The Bertz CT molecular complexity index is 484. The van der Waals surface area contributed by atoms with Crippen LogP contribution in [0, 0.1) is 19.3 Å². The highest BCUT2D eigenvalue weighted by Crippen LogP contribution is 2.35. The molecule has 1 N–H and O–H groups in total. The van der Waals surface area contributed by atoms with Crippen molar-refractivity contribution in [2.24, 2.45) is 5.41 Å². The largest absolute Gasteiger partial charge is 0.481 e. The third kappa shape index (κ3) is 3.37. The van der Waals surface area contributed by atoms with E-state index in [9.17, 15) is 4.79 Å². The Morgan fingerprint density at radius 1 is 1.37 bits per heavy atom. The Morgan fingerprint density at radius 3 is 2.37 bits per heavy atom. The van der Waals surface area contributed by atoms with E-state index >= 15 is 0 Å². The molecule has 0 bridgehead atoms. The van der Waals surface area contributed by atoms with Gasteiger partial charge in [-0.3, -0.25) is 9.69 Å². The van der Waals surface area contributed by atoms with Gasteiger partial charge in [-0.05, 0) is 42.7 Å². The third-order valence-corrected chi connectivity index (χ3v) is 4.29. The van der Waals surface area contributed by atoms with E-state index in [1.807, 2.05) is 0 Å².